The van der Waals surface area contributed by atoms with Crippen molar-refractivity contribution in [1.82, 2.24) is 19.2 Å². The summed E-state index contributed by atoms with van der Waals surface area (Å²) in [6.07, 6.45) is -1.99. The lowest BCUT2D eigenvalue weighted by Crippen LogP contribution is -2.55. The number of nitrogens with zero attached hydrogens (tertiary/aromatic N) is 5. The van der Waals surface area contributed by atoms with Crippen LogP contribution in [0, 0.1) is 0 Å². The predicted molar refractivity (Wildman–Crippen MR) is 151 cm³/mol. The first-order valence-corrected chi connectivity index (χ1v) is 13.4. The molecule has 1 fully saturated rings. The van der Waals surface area contributed by atoms with Crippen LogP contribution in [0.25, 0.3) is 27.8 Å². The highest BCUT2D eigenvalue weighted by atomic mass is 19.4. The van der Waals surface area contributed by atoms with Gasteiger partial charge in [0.15, 0.2) is 0 Å². The smallest absolute Gasteiger partial charge is 0.419 e. The number of rotatable bonds is 7. The summed E-state index contributed by atoms with van der Waals surface area (Å²) in [4.78, 5) is 11.6. The number of hydrogen-bond acceptors (Lipinski definition) is 5. The highest BCUT2D eigenvalue weighted by Gasteiger charge is 2.35. The molecule has 0 bridgehead atoms. The van der Waals surface area contributed by atoms with Crippen molar-refractivity contribution in [3.05, 3.63) is 60.3 Å². The van der Waals surface area contributed by atoms with E-state index in [0.29, 0.717) is 29.6 Å². The number of hydrogen-bond donors (Lipinski definition) is 0. The van der Waals surface area contributed by atoms with Crippen LogP contribution < -0.4 is 9.64 Å². The third kappa shape index (κ3) is 5.56. The quantitative estimate of drug-likeness (QED) is 0.268. The van der Waals surface area contributed by atoms with E-state index < -0.39 is 11.7 Å². The van der Waals surface area contributed by atoms with Crippen LogP contribution in [-0.4, -0.2) is 78.7 Å². The lowest BCUT2D eigenvalue weighted by Gasteiger charge is -2.43. The number of fused-ring (bicyclic) bond motifs is 3. The predicted octanol–water partition coefficient (Wildman–Crippen LogP) is 6.03. The molecule has 0 N–H and O–H groups in total. The van der Waals surface area contributed by atoms with Gasteiger partial charge in [0.05, 0.1) is 28.9 Å². The zero-order valence-electron chi connectivity index (χ0n) is 23.2. The molecule has 0 saturated carbocycles. The molecule has 0 aliphatic carbocycles. The van der Waals surface area contributed by atoms with E-state index in [4.69, 9.17) is 9.72 Å². The molecule has 0 amide bonds. The molecule has 1 aliphatic heterocycles. The van der Waals surface area contributed by atoms with Gasteiger partial charge in [-0.25, -0.2) is 4.98 Å². The Morgan fingerprint density at radius 2 is 1.72 bits per heavy atom. The molecule has 6 nitrogen and oxygen atoms in total. The minimum absolute atomic E-state index is 0.139. The monoisotopic (exact) mass is 539 g/mol. The third-order valence-electron chi connectivity index (χ3n) is 7.72. The number of piperazine rings is 1. The Bertz CT molecular complexity index is 1450. The number of alkyl halides is 3. The zero-order valence-corrected chi connectivity index (χ0v) is 23.2. The van der Waals surface area contributed by atoms with Crippen LogP contribution in [-0.2, 0) is 6.18 Å². The summed E-state index contributed by atoms with van der Waals surface area (Å²) in [7, 11) is 6.00. The Hall–Kier alpha value is -3.30. The van der Waals surface area contributed by atoms with Crippen molar-refractivity contribution in [1.29, 1.82) is 0 Å². The van der Waals surface area contributed by atoms with Crippen molar-refractivity contribution >= 4 is 22.4 Å². The second-order valence-corrected chi connectivity index (χ2v) is 10.9. The molecule has 5 rings (SSSR count). The van der Waals surface area contributed by atoms with Crippen molar-refractivity contribution in [2.45, 2.75) is 38.5 Å². The average molecular weight is 540 g/mol. The Labute approximate surface area is 227 Å². The van der Waals surface area contributed by atoms with Gasteiger partial charge in [0.25, 0.3) is 0 Å². The van der Waals surface area contributed by atoms with Gasteiger partial charge in [0.1, 0.15) is 11.4 Å². The number of imidazole rings is 1. The van der Waals surface area contributed by atoms with Gasteiger partial charge >= 0.3 is 6.18 Å². The van der Waals surface area contributed by atoms with E-state index in [1.807, 2.05) is 53.9 Å². The molecule has 39 heavy (non-hydrogen) atoms. The summed E-state index contributed by atoms with van der Waals surface area (Å²) >= 11 is 0. The Morgan fingerprint density at radius 3 is 2.41 bits per heavy atom. The number of ether oxygens (including phenoxy) is 1. The fourth-order valence-electron chi connectivity index (χ4n) is 5.39. The second-order valence-electron chi connectivity index (χ2n) is 10.9. The number of para-hydroxylation sites is 1. The van der Waals surface area contributed by atoms with E-state index in [9.17, 15) is 13.2 Å². The van der Waals surface area contributed by atoms with E-state index in [2.05, 4.69) is 36.8 Å². The minimum atomic E-state index is -4.53. The van der Waals surface area contributed by atoms with Crippen molar-refractivity contribution in [3.63, 3.8) is 0 Å². The molecule has 9 heteroatoms. The van der Waals surface area contributed by atoms with Crippen molar-refractivity contribution in [2.24, 2.45) is 0 Å². The topological polar surface area (TPSA) is 36.3 Å². The molecule has 1 aliphatic rings. The molecule has 2 atom stereocenters. The normalized spacial score (nSPS) is 18.9. The largest absolute Gasteiger partial charge is 0.493 e. The molecule has 0 radical (unpaired) electrons. The maximum atomic E-state index is 14.0. The maximum absolute atomic E-state index is 14.0. The number of pyridine rings is 1. The summed E-state index contributed by atoms with van der Waals surface area (Å²) in [5, 5.41) is 0. The summed E-state index contributed by atoms with van der Waals surface area (Å²) in [5.74, 6) is -0.139. The molecule has 208 valence electrons. The van der Waals surface area contributed by atoms with E-state index in [-0.39, 0.29) is 12.4 Å². The van der Waals surface area contributed by atoms with Crippen LogP contribution in [0.3, 0.4) is 0 Å². The SMILES string of the molecule is C[C@@H]1CN(c2cccc3nc4ccc(-c5ccc(OCCCN(C)C)c(C(F)(F)F)c5)cn4c23)C[C@H](C)N1C. The van der Waals surface area contributed by atoms with E-state index in [1.165, 1.54) is 12.1 Å². The fourth-order valence-corrected chi connectivity index (χ4v) is 5.39. The number of anilines is 1. The van der Waals surface area contributed by atoms with Crippen LogP contribution in [0.2, 0.25) is 0 Å². The molecule has 1 saturated heterocycles. The van der Waals surface area contributed by atoms with Gasteiger partial charge in [-0.15, -0.1) is 0 Å². The molecule has 0 spiro atoms. The van der Waals surface area contributed by atoms with Crippen LogP contribution in [0.5, 0.6) is 5.75 Å². The molecule has 2 aromatic heterocycles. The van der Waals surface area contributed by atoms with Gasteiger partial charge < -0.3 is 14.5 Å². The molecule has 4 aromatic rings. The minimum Gasteiger partial charge on any atom is -0.493 e. The lowest BCUT2D eigenvalue weighted by molar-refractivity contribution is -0.138. The van der Waals surface area contributed by atoms with E-state index in [0.717, 1.165) is 42.0 Å². The first-order valence-electron chi connectivity index (χ1n) is 13.4. The summed E-state index contributed by atoms with van der Waals surface area (Å²) in [6, 6.07) is 14.9. The number of aromatic nitrogens is 2. The van der Waals surface area contributed by atoms with Crippen molar-refractivity contribution < 1.29 is 17.9 Å². The number of halogens is 3. The van der Waals surface area contributed by atoms with Gasteiger partial charge in [0, 0.05) is 37.9 Å². The van der Waals surface area contributed by atoms with Crippen molar-refractivity contribution in [2.75, 3.05) is 52.3 Å². The number of likely N-dealkylation sites (N-methyl/N-ethyl adjacent to an activating group) is 1. The van der Waals surface area contributed by atoms with Crippen molar-refractivity contribution in [3.8, 4) is 16.9 Å². The van der Waals surface area contributed by atoms with Crippen LogP contribution in [0.15, 0.2) is 54.7 Å². The molecular formula is C30H36F3N5O. The van der Waals surface area contributed by atoms with Gasteiger partial charge in [-0.3, -0.25) is 9.30 Å². The van der Waals surface area contributed by atoms with Gasteiger partial charge in [-0.1, -0.05) is 12.1 Å². The van der Waals surface area contributed by atoms with E-state index >= 15 is 0 Å². The standard InChI is InChI=1S/C30H36F3N5O/c1-20-17-37(18-21(2)36(20)5)26-9-6-8-25-29(26)38-19-23(11-13-28(38)34-25)22-10-12-27(24(16-22)30(31,32)33)39-15-7-14-35(3)4/h6,8-13,16,19-21H,7,14-15,17-18H2,1-5H3/t20-,21+. The summed E-state index contributed by atoms with van der Waals surface area (Å²) < 4.78 is 49.7. The van der Waals surface area contributed by atoms with Crippen LogP contribution in [0.1, 0.15) is 25.8 Å². The molecular weight excluding hydrogens is 503 g/mol. The first-order chi connectivity index (χ1) is 18.5. The molecule has 3 heterocycles. The molecule has 0 unspecified atom stereocenters. The maximum Gasteiger partial charge on any atom is 0.419 e. The third-order valence-corrected chi connectivity index (χ3v) is 7.72. The zero-order chi connectivity index (χ0) is 27.9. The first kappa shape index (κ1) is 27.3. The fraction of sp³-hybridized carbons (Fsp3) is 0.433. The highest BCUT2D eigenvalue weighted by Crippen LogP contribution is 2.39. The Balaban J connectivity index is 1.53. The highest BCUT2D eigenvalue weighted by molar-refractivity contribution is 5.92. The lowest BCUT2D eigenvalue weighted by atomic mass is 10.0. The van der Waals surface area contributed by atoms with Gasteiger partial charge in [0.2, 0.25) is 0 Å². The van der Waals surface area contributed by atoms with Gasteiger partial charge in [-0.2, -0.15) is 13.2 Å². The summed E-state index contributed by atoms with van der Waals surface area (Å²) in [6.45, 7) is 7.19. The van der Waals surface area contributed by atoms with E-state index in [1.54, 1.807) is 6.07 Å². The van der Waals surface area contributed by atoms with Crippen LogP contribution in [0.4, 0.5) is 18.9 Å². The Morgan fingerprint density at radius 1 is 1.00 bits per heavy atom. The second kappa shape index (κ2) is 10.7. The molecule has 2 aromatic carbocycles. The Kier molecular flexibility index (Phi) is 7.48. The summed E-state index contributed by atoms with van der Waals surface area (Å²) in [5.41, 5.74) is 4.07. The van der Waals surface area contributed by atoms with Crippen LogP contribution >= 0.6 is 0 Å². The average Bonchev–Trinajstić information content (AvgIpc) is 3.27. The number of benzene rings is 2. The van der Waals surface area contributed by atoms with Gasteiger partial charge in [-0.05, 0) is 88.9 Å².